The molecule has 0 bridgehead atoms. The Balaban J connectivity index is 0.000000210. The Morgan fingerprint density at radius 1 is 0.841 bits per heavy atom. The molecular weight excluding hydrogens is 1110 g/mol. The molecule has 4 aromatic heterocycles. The van der Waals surface area contributed by atoms with Crippen molar-refractivity contribution in [3.05, 3.63) is 172 Å². The van der Waals surface area contributed by atoms with Crippen molar-refractivity contribution in [2.75, 3.05) is 4.90 Å². The van der Waals surface area contributed by atoms with Crippen LogP contribution in [0.3, 0.4) is 0 Å². The third-order valence-corrected chi connectivity index (χ3v) is 18.6. The van der Waals surface area contributed by atoms with Crippen LogP contribution < -0.4 is 9.30 Å². The van der Waals surface area contributed by atoms with E-state index in [0.717, 1.165) is 73.0 Å². The largest absolute Gasteiger partial charge is 3.00 e. The van der Waals surface area contributed by atoms with Gasteiger partial charge in [0.15, 0.2) is 0 Å². The average Bonchev–Trinajstić information content (AvgIpc) is 4.02. The van der Waals surface area contributed by atoms with Crippen molar-refractivity contribution in [1.29, 1.82) is 0 Å². The first-order valence-electron chi connectivity index (χ1n) is 25.2. The van der Waals surface area contributed by atoms with Crippen molar-refractivity contribution in [1.82, 2.24) is 9.97 Å². The van der Waals surface area contributed by atoms with Gasteiger partial charge in [-0.1, -0.05) is 87.8 Å². The molecule has 9 heteroatoms. The monoisotopic (exact) mass is 1170 g/mol. The number of hydrogen-bond donors (Lipinski definition) is 0. The van der Waals surface area contributed by atoms with E-state index < -0.39 is 25.9 Å². The molecule has 5 nitrogen and oxygen atoms in total. The van der Waals surface area contributed by atoms with Crippen molar-refractivity contribution in [3.63, 3.8) is 0 Å². The first-order valence-corrected chi connectivity index (χ1v) is 31.8. The van der Waals surface area contributed by atoms with Crippen molar-refractivity contribution in [2.45, 2.75) is 97.0 Å². The first-order chi connectivity index (χ1) is 33.7. The van der Waals surface area contributed by atoms with Gasteiger partial charge in [-0.05, 0) is 70.1 Å². The molecule has 69 heavy (non-hydrogen) atoms. The molecule has 1 aliphatic rings. The number of hydrogen-bond acceptors (Lipinski definition) is 5. The summed E-state index contributed by atoms with van der Waals surface area (Å²) < 4.78 is 45.7. The van der Waals surface area contributed by atoms with Crippen molar-refractivity contribution in [3.8, 4) is 11.3 Å². The smallest absolute Gasteiger partial charge is 3.00 e. The molecule has 5 heterocycles. The Morgan fingerprint density at radius 2 is 1.59 bits per heavy atom. The number of anilines is 2. The molecule has 0 aliphatic carbocycles. The Kier molecular flexibility index (Phi) is 12.4. The maximum atomic E-state index is 14.5. The van der Waals surface area contributed by atoms with Crippen LogP contribution in [0.1, 0.15) is 97.2 Å². The van der Waals surface area contributed by atoms with E-state index in [0.29, 0.717) is 23.4 Å². The fraction of sp³-hybridized carbons (Fsp3) is 0.267. The maximum absolute atomic E-state index is 14.5. The normalized spacial score (nSPS) is 14.6. The zero-order valence-corrected chi connectivity index (χ0v) is 46.1. The summed E-state index contributed by atoms with van der Waals surface area (Å²) in [6.07, 6.45) is 2.51. The number of pyridine rings is 2. The molecule has 1 unspecified atom stereocenters. The minimum absolute atomic E-state index is 0. The third-order valence-electron chi connectivity index (χ3n) is 13.1. The Bertz CT molecular complexity index is 3690. The molecule has 0 spiro atoms. The number of thiophene rings is 1. The van der Waals surface area contributed by atoms with Crippen LogP contribution in [0.2, 0.25) is 17.3 Å². The minimum atomic E-state index is -2.34. The topological polar surface area (TPSA) is 56.3 Å². The van der Waals surface area contributed by atoms with Crippen LogP contribution in [-0.2, 0) is 26.5 Å². The predicted molar refractivity (Wildman–Crippen MR) is 289 cm³/mol. The van der Waals surface area contributed by atoms with E-state index in [2.05, 4.69) is 179 Å². The molecule has 0 radical (unpaired) electrons. The average molecular weight is 1170 g/mol. The first kappa shape index (κ1) is 44.8. The van der Waals surface area contributed by atoms with Crippen LogP contribution in [0.25, 0.3) is 69.6 Å². The summed E-state index contributed by atoms with van der Waals surface area (Å²) in [5.74, 6) is 7.66. The molecule has 10 aromatic rings. The zero-order valence-electron chi connectivity index (χ0n) is 43.8. The van der Waals surface area contributed by atoms with Crippen molar-refractivity contribution >= 4 is 99.1 Å². The second-order valence-corrected chi connectivity index (χ2v) is 31.9. The molecule has 1 aliphatic heterocycles. The van der Waals surface area contributed by atoms with E-state index in [1.54, 1.807) is 11.3 Å². The van der Waals surface area contributed by atoms with Gasteiger partial charge in [-0.2, -0.15) is 23.5 Å². The van der Waals surface area contributed by atoms with E-state index in [4.69, 9.17) is 18.8 Å². The Morgan fingerprint density at radius 3 is 2.32 bits per heavy atom. The van der Waals surface area contributed by atoms with Crippen LogP contribution in [0.5, 0.6) is 0 Å². The van der Waals surface area contributed by atoms with Crippen molar-refractivity contribution < 1.29 is 33.0 Å². The van der Waals surface area contributed by atoms with Gasteiger partial charge < -0.3 is 14.6 Å². The summed E-state index contributed by atoms with van der Waals surface area (Å²) in [6.45, 7) is 13.0. The fourth-order valence-electron chi connectivity index (χ4n) is 9.65. The van der Waals surface area contributed by atoms with E-state index >= 15 is 0 Å². The predicted octanol–water partition coefficient (Wildman–Crippen LogP) is 17.5. The number of aromatic nitrogens is 2. The fourth-order valence-corrected chi connectivity index (χ4v) is 14.3. The number of halogens is 1. The maximum Gasteiger partial charge on any atom is 3.00 e. The number of rotatable bonds is 8. The van der Waals surface area contributed by atoms with Gasteiger partial charge in [0.05, 0.1) is 0 Å². The number of benzene rings is 6. The molecule has 0 amide bonds. The van der Waals surface area contributed by atoms with Gasteiger partial charge in [0.25, 0.3) is 0 Å². The zero-order chi connectivity index (χ0) is 50.3. The molecule has 0 saturated heterocycles. The summed E-state index contributed by atoms with van der Waals surface area (Å²) in [5, 5.41) is 12.6. The van der Waals surface area contributed by atoms with Crippen LogP contribution in [0.15, 0.2) is 120 Å². The summed E-state index contributed by atoms with van der Waals surface area (Å²) in [4.78, 5) is 13.0. The Hall–Kier alpha value is -5.38. The van der Waals surface area contributed by atoms with E-state index in [-0.39, 0.29) is 37.4 Å². The molecule has 0 saturated carbocycles. The minimum Gasteiger partial charge on any atom is 3.00 e. The Labute approximate surface area is 430 Å². The number of furan rings is 1. The number of aryl methyl sites for hydroxylation is 2. The number of fused-ring (bicyclic) bond motifs is 9. The van der Waals surface area contributed by atoms with Gasteiger partial charge >= 0.3 is 160 Å². The molecule has 350 valence electrons. The second kappa shape index (κ2) is 19.1. The van der Waals surface area contributed by atoms with Crippen molar-refractivity contribution in [2.24, 2.45) is 5.92 Å². The molecule has 0 N–H and O–H groups in total. The van der Waals surface area contributed by atoms with Gasteiger partial charge in [0, 0.05) is 33.9 Å². The molecule has 0 fully saturated rings. The summed E-state index contributed by atoms with van der Waals surface area (Å²) in [6, 6.07) is 43.6. The summed E-state index contributed by atoms with van der Waals surface area (Å²) in [7, 11) is 0. The van der Waals surface area contributed by atoms with Crippen LogP contribution >= 0.6 is 11.3 Å². The van der Waals surface area contributed by atoms with Gasteiger partial charge in [-0.15, -0.1) is 22.2 Å². The van der Waals surface area contributed by atoms with E-state index in [1.807, 2.05) is 12.3 Å². The standard InChI is InChI=1S/C41H33N3OS.C19H25FGeN.Ir/c1-22(2)26-11-15-29-30-16-13-27(21-36(30)45-35(29)20-26)44-34-19-12-25-8-6-7-9-28(25)38(34)43-40(44)32-14-10-24(5)37-31-17-18-33(23(3)4)42-41(31)46-39(32)37;1-13(2)9-15-11-19(22-12-18(15)21(4,5)6)16-8-7-14(3)10-17(16)20;/h6-13,15-23,40H,1-5H3;7,10-13H,9H2,1-6H3;/q-2;-1;+3/i;3D3;. The van der Waals surface area contributed by atoms with Gasteiger partial charge in [-0.25, -0.2) is 4.98 Å². The van der Waals surface area contributed by atoms with Gasteiger partial charge in [0.1, 0.15) is 16.0 Å². The van der Waals surface area contributed by atoms with Crippen LogP contribution in [0.4, 0.5) is 21.5 Å². The molecule has 6 aromatic carbocycles. The number of nitrogens with zero attached hydrogens (tertiary/aromatic N) is 4. The van der Waals surface area contributed by atoms with E-state index in [1.165, 1.54) is 48.0 Å². The van der Waals surface area contributed by atoms with Gasteiger partial charge in [0.2, 0.25) is 0 Å². The molecular formula is C60H58FGeIrN4OS. The quantitative estimate of drug-likeness (QED) is 0.112. The van der Waals surface area contributed by atoms with Gasteiger partial charge in [-0.3, -0.25) is 0 Å². The van der Waals surface area contributed by atoms with E-state index in [9.17, 15) is 4.39 Å². The van der Waals surface area contributed by atoms with Crippen LogP contribution in [-0.4, -0.2) is 23.2 Å². The SMILES string of the molecule is Cc1c[c-]c(C2[N-]c3c(ccc4ccccc34)N2c2ccc3c(c2)oc2cc(C(C)C)ccc23)c2sc3nc(C(C)C)ccc3c12.[2H]C([2H])([2H])c1c[c-]c(-c2cc(CC(C)C)[c]([Ge]([CH3])([CH3])[CH3])cn2)c(F)c1.[Ir+3]. The second-order valence-electron chi connectivity index (χ2n) is 20.3. The summed E-state index contributed by atoms with van der Waals surface area (Å²) in [5.41, 5.74) is 11.6. The molecule has 11 rings (SSSR count). The third kappa shape index (κ3) is 9.15. The van der Waals surface area contributed by atoms with Crippen LogP contribution in [0, 0.1) is 37.6 Å². The molecule has 1 atom stereocenters. The summed E-state index contributed by atoms with van der Waals surface area (Å²) >= 11 is -0.321.